The molecule has 3 aromatic rings. The highest BCUT2D eigenvalue weighted by atomic mass is 19.4. The van der Waals surface area contributed by atoms with Crippen LogP contribution in [-0.4, -0.2) is 67.5 Å². The number of nitrogens with zero attached hydrogens (tertiary/aromatic N) is 4. The number of halogens is 3. The Morgan fingerprint density at radius 3 is 2.43 bits per heavy atom. The van der Waals surface area contributed by atoms with Crippen LogP contribution in [0.15, 0.2) is 59.3 Å². The number of carboxylic acid groups (broad SMARTS) is 1. The molecule has 0 bridgehead atoms. The molecule has 0 aliphatic carbocycles. The average Bonchev–Trinajstić information content (AvgIpc) is 3.55. The van der Waals surface area contributed by atoms with Crippen molar-refractivity contribution in [3.8, 4) is 0 Å². The van der Waals surface area contributed by atoms with Gasteiger partial charge in [-0.05, 0) is 43.3 Å². The van der Waals surface area contributed by atoms with Gasteiger partial charge in [0.2, 0.25) is 0 Å². The van der Waals surface area contributed by atoms with Crippen LogP contribution in [0.4, 0.5) is 13.2 Å². The Balaban J connectivity index is 0.000000364. The lowest BCUT2D eigenvalue weighted by molar-refractivity contribution is -0.192. The van der Waals surface area contributed by atoms with E-state index in [2.05, 4.69) is 4.98 Å². The van der Waals surface area contributed by atoms with E-state index >= 15 is 0 Å². The minimum Gasteiger partial charge on any atom is -0.475 e. The number of amides is 2. The number of carboxylic acids is 1. The van der Waals surface area contributed by atoms with E-state index in [-0.39, 0.29) is 23.9 Å². The molecule has 184 valence electrons. The molecule has 9 nitrogen and oxygen atoms in total. The SMILES string of the molecule is Cc1ccc(C(=O)N2C[C@@H]3[C@H](C2)n2cccc2C(=O)N3Cc2ccccn2)o1.O=C(O)C(F)(F)F. The number of likely N-dealkylation sites (tertiary alicyclic amines) is 1. The second-order valence-corrected chi connectivity index (χ2v) is 8.11. The van der Waals surface area contributed by atoms with Crippen molar-refractivity contribution in [1.29, 1.82) is 0 Å². The summed E-state index contributed by atoms with van der Waals surface area (Å²) in [7, 11) is 0. The summed E-state index contributed by atoms with van der Waals surface area (Å²) in [4.78, 5) is 42.9. The Kier molecular flexibility index (Phi) is 6.37. The molecule has 1 fully saturated rings. The number of aryl methyl sites for hydroxylation is 1. The Labute approximate surface area is 197 Å². The topological polar surface area (TPSA) is 109 Å². The number of rotatable bonds is 3. The van der Waals surface area contributed by atoms with E-state index in [0.29, 0.717) is 36.8 Å². The van der Waals surface area contributed by atoms with Crippen molar-refractivity contribution in [1.82, 2.24) is 19.4 Å². The van der Waals surface area contributed by atoms with Gasteiger partial charge in [-0.2, -0.15) is 13.2 Å². The third-order valence-corrected chi connectivity index (χ3v) is 5.81. The van der Waals surface area contributed by atoms with Crippen LogP contribution in [0.2, 0.25) is 0 Å². The number of aromatic nitrogens is 2. The van der Waals surface area contributed by atoms with Crippen LogP contribution in [-0.2, 0) is 11.3 Å². The van der Waals surface area contributed by atoms with Gasteiger partial charge in [0.15, 0.2) is 5.76 Å². The maximum absolute atomic E-state index is 13.1. The van der Waals surface area contributed by atoms with Crippen LogP contribution in [0.3, 0.4) is 0 Å². The van der Waals surface area contributed by atoms with E-state index in [1.165, 1.54) is 0 Å². The summed E-state index contributed by atoms with van der Waals surface area (Å²) in [6.45, 7) is 3.25. The summed E-state index contributed by atoms with van der Waals surface area (Å²) < 4.78 is 39.3. The zero-order valence-corrected chi connectivity index (χ0v) is 18.5. The molecule has 5 heterocycles. The standard InChI is InChI=1S/C21H20N4O3.C2HF3O2/c1-14-7-8-19(28-14)21(27)23-12-17-18(13-23)25(11-15-5-2-3-9-22-15)20(26)16-6-4-10-24(16)17;3-2(4,5)1(6)7/h2-10,17-18H,11-13H2,1H3;(H,6,7)/t17-,18+;/m0./s1. The van der Waals surface area contributed by atoms with Crippen molar-refractivity contribution in [3.05, 3.63) is 77.8 Å². The van der Waals surface area contributed by atoms with Gasteiger partial charge in [0.1, 0.15) is 11.5 Å². The molecule has 35 heavy (non-hydrogen) atoms. The first-order valence-corrected chi connectivity index (χ1v) is 10.6. The fourth-order valence-electron chi connectivity index (χ4n) is 4.24. The van der Waals surface area contributed by atoms with Gasteiger partial charge in [-0.15, -0.1) is 0 Å². The van der Waals surface area contributed by atoms with Crippen LogP contribution in [0.1, 0.15) is 38.5 Å². The highest BCUT2D eigenvalue weighted by Crippen LogP contribution is 2.35. The molecule has 12 heteroatoms. The fraction of sp³-hybridized carbons (Fsp3) is 0.304. The van der Waals surface area contributed by atoms with E-state index in [1.807, 2.05) is 52.9 Å². The number of alkyl halides is 3. The quantitative estimate of drug-likeness (QED) is 0.604. The van der Waals surface area contributed by atoms with Gasteiger partial charge in [0.25, 0.3) is 11.8 Å². The molecule has 1 saturated heterocycles. The Hall–Kier alpha value is -4.09. The monoisotopic (exact) mass is 490 g/mol. The molecule has 0 aromatic carbocycles. The minimum atomic E-state index is -5.08. The van der Waals surface area contributed by atoms with Crippen molar-refractivity contribution in [2.45, 2.75) is 31.7 Å². The van der Waals surface area contributed by atoms with Crippen LogP contribution in [0.5, 0.6) is 0 Å². The smallest absolute Gasteiger partial charge is 0.475 e. The molecule has 0 unspecified atom stereocenters. The predicted octanol–water partition coefficient (Wildman–Crippen LogP) is 3.14. The van der Waals surface area contributed by atoms with Crippen molar-refractivity contribution in [2.75, 3.05) is 13.1 Å². The summed E-state index contributed by atoms with van der Waals surface area (Å²) >= 11 is 0. The van der Waals surface area contributed by atoms with Crippen molar-refractivity contribution < 1.29 is 37.1 Å². The number of hydrogen-bond acceptors (Lipinski definition) is 5. The van der Waals surface area contributed by atoms with E-state index in [4.69, 9.17) is 14.3 Å². The fourth-order valence-corrected chi connectivity index (χ4v) is 4.24. The Morgan fingerprint density at radius 1 is 1.11 bits per heavy atom. The summed E-state index contributed by atoms with van der Waals surface area (Å²) in [5.74, 6) is -1.87. The predicted molar refractivity (Wildman–Crippen MR) is 114 cm³/mol. The molecule has 5 rings (SSSR count). The molecule has 2 atom stereocenters. The van der Waals surface area contributed by atoms with Crippen molar-refractivity contribution >= 4 is 17.8 Å². The molecule has 1 N–H and O–H groups in total. The normalized spacial score (nSPS) is 19.0. The Bertz CT molecular complexity index is 1240. The third kappa shape index (κ3) is 4.91. The zero-order chi connectivity index (χ0) is 25.3. The number of carbonyl (C=O) groups excluding carboxylic acids is 2. The molecule has 0 spiro atoms. The van der Waals surface area contributed by atoms with Gasteiger partial charge in [0, 0.05) is 25.5 Å². The highest BCUT2D eigenvalue weighted by molar-refractivity contribution is 5.95. The number of pyridine rings is 1. The number of carbonyl (C=O) groups is 3. The summed E-state index contributed by atoms with van der Waals surface area (Å²) in [6.07, 6.45) is -1.43. The van der Waals surface area contributed by atoms with Crippen LogP contribution >= 0.6 is 0 Å². The first-order valence-electron chi connectivity index (χ1n) is 10.6. The summed E-state index contributed by atoms with van der Waals surface area (Å²) in [5.41, 5.74) is 1.49. The first-order chi connectivity index (χ1) is 16.6. The number of fused-ring (bicyclic) bond motifs is 3. The van der Waals surface area contributed by atoms with Crippen LogP contribution in [0, 0.1) is 6.92 Å². The van der Waals surface area contributed by atoms with Gasteiger partial charge in [-0.25, -0.2) is 4.79 Å². The van der Waals surface area contributed by atoms with E-state index in [9.17, 15) is 22.8 Å². The largest absolute Gasteiger partial charge is 0.490 e. The average molecular weight is 490 g/mol. The maximum atomic E-state index is 13.1. The van der Waals surface area contributed by atoms with Crippen molar-refractivity contribution in [2.24, 2.45) is 0 Å². The first kappa shape index (κ1) is 24.0. The summed E-state index contributed by atoms with van der Waals surface area (Å²) in [6, 6.07) is 12.8. The maximum Gasteiger partial charge on any atom is 0.490 e. The van der Waals surface area contributed by atoms with Gasteiger partial charge >= 0.3 is 12.1 Å². The van der Waals surface area contributed by atoms with Crippen molar-refractivity contribution in [3.63, 3.8) is 0 Å². The lowest BCUT2D eigenvalue weighted by Crippen LogP contribution is -2.50. The molecule has 3 aromatic heterocycles. The molecule has 2 aliphatic heterocycles. The van der Waals surface area contributed by atoms with Crippen LogP contribution < -0.4 is 0 Å². The zero-order valence-electron chi connectivity index (χ0n) is 18.5. The van der Waals surface area contributed by atoms with Crippen LogP contribution in [0.25, 0.3) is 0 Å². The number of furan rings is 1. The molecule has 0 radical (unpaired) electrons. The van der Waals surface area contributed by atoms with Gasteiger partial charge < -0.3 is 23.9 Å². The second-order valence-electron chi connectivity index (χ2n) is 8.11. The number of aliphatic carboxylic acids is 1. The lowest BCUT2D eigenvalue weighted by Gasteiger charge is -2.37. The van der Waals surface area contributed by atoms with Gasteiger partial charge in [-0.1, -0.05) is 6.07 Å². The molecule has 2 amide bonds. The molecular formula is C23H21F3N4O5. The Morgan fingerprint density at radius 2 is 1.83 bits per heavy atom. The number of hydrogen-bond donors (Lipinski definition) is 1. The van der Waals surface area contributed by atoms with Gasteiger partial charge in [0.05, 0.1) is 24.3 Å². The molecule has 0 saturated carbocycles. The van der Waals surface area contributed by atoms with E-state index in [0.717, 1.165) is 5.69 Å². The summed E-state index contributed by atoms with van der Waals surface area (Å²) in [5, 5.41) is 7.12. The lowest BCUT2D eigenvalue weighted by atomic mass is 10.1. The highest BCUT2D eigenvalue weighted by Gasteiger charge is 2.46. The van der Waals surface area contributed by atoms with E-state index < -0.39 is 12.1 Å². The second kappa shape index (κ2) is 9.28. The minimum absolute atomic E-state index is 0.0198. The third-order valence-electron chi connectivity index (χ3n) is 5.81. The molecule has 2 aliphatic rings. The molecular weight excluding hydrogens is 469 g/mol. The van der Waals surface area contributed by atoms with E-state index in [1.54, 1.807) is 23.2 Å². The van der Waals surface area contributed by atoms with Gasteiger partial charge in [-0.3, -0.25) is 14.6 Å².